The summed E-state index contributed by atoms with van der Waals surface area (Å²) in [7, 11) is 0.389. The largest absolute Gasteiger partial charge is 0.317 e. The van der Waals surface area contributed by atoms with Crippen LogP contribution < -0.4 is 5.32 Å². The lowest BCUT2D eigenvalue weighted by Gasteiger charge is -1.95. The Morgan fingerprint density at radius 3 is 1.43 bits per heavy atom. The Hall–Kier alpha value is 0.177. The van der Waals surface area contributed by atoms with E-state index in [1.807, 2.05) is 0 Å². The van der Waals surface area contributed by atoms with Crippen molar-refractivity contribution in [2.75, 3.05) is 13.1 Å². The van der Waals surface area contributed by atoms with Crippen molar-refractivity contribution < 1.29 is 0 Å². The molecule has 2 heteroatoms. The third-order valence-electron chi connectivity index (χ3n) is 2.21. The van der Waals surface area contributed by atoms with Gasteiger partial charge in [-0.3, -0.25) is 0 Å². The average molecular weight is 217 g/mol. The first-order valence-corrected chi connectivity index (χ1v) is 8.54. The van der Waals surface area contributed by atoms with Crippen LogP contribution in [0, 0.1) is 0 Å². The van der Waals surface area contributed by atoms with E-state index in [1.54, 1.807) is 12.1 Å². The molecule has 0 bridgehead atoms. The highest BCUT2D eigenvalue weighted by Gasteiger charge is 1.86. The van der Waals surface area contributed by atoms with Crippen LogP contribution in [-0.4, -0.2) is 22.6 Å². The van der Waals surface area contributed by atoms with Gasteiger partial charge in [0.1, 0.15) is 0 Å². The number of hydrogen-bond acceptors (Lipinski definition) is 1. The lowest BCUT2D eigenvalue weighted by molar-refractivity contribution is 0.762. The van der Waals surface area contributed by atoms with Gasteiger partial charge in [0.15, 0.2) is 0 Å². The molecule has 0 spiro atoms. The summed E-state index contributed by atoms with van der Waals surface area (Å²) in [5.74, 6) is 0. The van der Waals surface area contributed by atoms with Crippen LogP contribution in [0.3, 0.4) is 0 Å². The normalized spacial score (nSPS) is 9.43. The number of unbranched alkanes of at least 4 members (excludes halogenated alkanes) is 2. The monoisotopic (exact) mass is 217 g/mol. The molecule has 0 aromatic carbocycles. The Morgan fingerprint density at radius 1 is 0.786 bits per heavy atom. The molecule has 0 aromatic heterocycles. The summed E-state index contributed by atoms with van der Waals surface area (Å²) in [6.45, 7) is 11.0. The van der Waals surface area contributed by atoms with Crippen LogP contribution in [0.25, 0.3) is 0 Å². The van der Waals surface area contributed by atoms with E-state index in [0.717, 1.165) is 13.1 Å². The minimum atomic E-state index is 0.389. The molecular formula is C12H31NSi. The van der Waals surface area contributed by atoms with Gasteiger partial charge in [-0.2, -0.15) is 0 Å². The van der Waals surface area contributed by atoms with E-state index in [4.69, 9.17) is 0 Å². The maximum atomic E-state index is 3.11. The summed E-state index contributed by atoms with van der Waals surface area (Å²) >= 11 is 0. The van der Waals surface area contributed by atoms with Gasteiger partial charge < -0.3 is 5.32 Å². The fraction of sp³-hybridized carbons (Fsp3) is 1.00. The van der Waals surface area contributed by atoms with Gasteiger partial charge in [0.25, 0.3) is 0 Å². The first-order chi connectivity index (χ1) is 6.83. The molecule has 0 heterocycles. The molecule has 0 aromatic rings. The first-order valence-electron chi connectivity index (χ1n) is 6.54. The van der Waals surface area contributed by atoms with E-state index in [2.05, 4.69) is 33.0 Å². The summed E-state index contributed by atoms with van der Waals surface area (Å²) in [5, 5.41) is 3.11. The average Bonchev–Trinajstić information content (AvgIpc) is 2.20. The van der Waals surface area contributed by atoms with Crippen molar-refractivity contribution >= 4 is 9.52 Å². The fourth-order valence-electron chi connectivity index (χ4n) is 1.28. The van der Waals surface area contributed by atoms with Crippen LogP contribution in [0.2, 0.25) is 12.1 Å². The zero-order chi connectivity index (χ0) is 11.1. The van der Waals surface area contributed by atoms with Crippen LogP contribution >= 0.6 is 0 Å². The smallest absolute Gasteiger partial charge is 0.0197 e. The van der Waals surface area contributed by atoms with Crippen LogP contribution in [0.4, 0.5) is 0 Å². The van der Waals surface area contributed by atoms with Crippen LogP contribution in [0.5, 0.6) is 0 Å². The number of nitrogens with one attached hydrogen (secondary N) is 1. The number of rotatable bonds is 8. The summed E-state index contributed by atoms with van der Waals surface area (Å²) in [4.78, 5) is 0. The molecular weight excluding hydrogens is 186 g/mol. The van der Waals surface area contributed by atoms with Gasteiger partial charge in [-0.1, -0.05) is 65.5 Å². The maximum absolute atomic E-state index is 3.11. The van der Waals surface area contributed by atoms with E-state index in [0.29, 0.717) is 9.52 Å². The molecule has 0 aliphatic heterocycles. The highest BCUT2D eigenvalue weighted by molar-refractivity contribution is 6.35. The second-order valence-electron chi connectivity index (χ2n) is 3.72. The lowest BCUT2D eigenvalue weighted by atomic mass is 10.4. The van der Waals surface area contributed by atoms with Gasteiger partial charge in [-0.05, 0) is 13.1 Å². The molecule has 0 unspecified atom stereocenters. The van der Waals surface area contributed by atoms with E-state index < -0.39 is 0 Å². The highest BCUT2D eigenvalue weighted by atomic mass is 28.2. The Labute approximate surface area is 93.9 Å². The Balaban J connectivity index is 0. The van der Waals surface area contributed by atoms with Crippen molar-refractivity contribution in [2.24, 2.45) is 0 Å². The van der Waals surface area contributed by atoms with Crippen LogP contribution in [-0.2, 0) is 0 Å². The predicted octanol–water partition coefficient (Wildman–Crippen LogP) is 3.21. The maximum Gasteiger partial charge on any atom is 0.0197 e. The summed E-state index contributed by atoms with van der Waals surface area (Å²) < 4.78 is 0. The summed E-state index contributed by atoms with van der Waals surface area (Å²) in [6.07, 6.45) is 5.80. The van der Waals surface area contributed by atoms with Gasteiger partial charge >= 0.3 is 0 Å². The molecule has 0 rings (SSSR count). The molecule has 14 heavy (non-hydrogen) atoms. The lowest BCUT2D eigenvalue weighted by Crippen LogP contribution is -2.09. The molecule has 0 atom stereocenters. The van der Waals surface area contributed by atoms with Crippen molar-refractivity contribution in [3.63, 3.8) is 0 Å². The molecule has 0 aliphatic carbocycles. The highest BCUT2D eigenvalue weighted by Crippen LogP contribution is 1.99. The minimum absolute atomic E-state index is 0.389. The van der Waals surface area contributed by atoms with Crippen molar-refractivity contribution in [1.29, 1.82) is 0 Å². The Kier molecular flexibility index (Phi) is 22.4. The van der Waals surface area contributed by atoms with Gasteiger partial charge in [0.2, 0.25) is 0 Å². The second kappa shape index (κ2) is 18.9. The van der Waals surface area contributed by atoms with Crippen molar-refractivity contribution in [3.8, 4) is 0 Å². The van der Waals surface area contributed by atoms with E-state index in [-0.39, 0.29) is 0 Å². The SMILES string of the molecule is CCCC[SiH2]CCCC.CCNCC. The van der Waals surface area contributed by atoms with Crippen LogP contribution in [0.15, 0.2) is 0 Å². The van der Waals surface area contributed by atoms with Crippen molar-refractivity contribution in [3.05, 3.63) is 0 Å². The van der Waals surface area contributed by atoms with Crippen molar-refractivity contribution in [2.45, 2.75) is 65.5 Å². The van der Waals surface area contributed by atoms with E-state index in [9.17, 15) is 0 Å². The third-order valence-corrected chi connectivity index (χ3v) is 4.21. The van der Waals surface area contributed by atoms with Gasteiger partial charge in [-0.25, -0.2) is 0 Å². The summed E-state index contributed by atoms with van der Waals surface area (Å²) in [6, 6.07) is 3.19. The van der Waals surface area contributed by atoms with Crippen LogP contribution in [0.1, 0.15) is 53.4 Å². The molecule has 0 radical (unpaired) electrons. The van der Waals surface area contributed by atoms with Gasteiger partial charge in [0.05, 0.1) is 0 Å². The van der Waals surface area contributed by atoms with E-state index >= 15 is 0 Å². The topological polar surface area (TPSA) is 12.0 Å². The molecule has 0 saturated heterocycles. The molecule has 1 N–H and O–H groups in total. The van der Waals surface area contributed by atoms with Gasteiger partial charge in [-0.15, -0.1) is 0 Å². The Morgan fingerprint density at radius 2 is 1.21 bits per heavy atom. The summed E-state index contributed by atoms with van der Waals surface area (Å²) in [5.41, 5.74) is 0. The molecule has 1 nitrogen and oxygen atoms in total. The van der Waals surface area contributed by atoms with E-state index in [1.165, 1.54) is 25.7 Å². The zero-order valence-corrected chi connectivity index (χ0v) is 12.3. The Bertz CT molecular complexity index is 68.7. The first kappa shape index (κ1) is 16.6. The third kappa shape index (κ3) is 22.8. The van der Waals surface area contributed by atoms with Gasteiger partial charge in [0, 0.05) is 9.52 Å². The second-order valence-corrected chi connectivity index (χ2v) is 5.85. The predicted molar refractivity (Wildman–Crippen MR) is 72.2 cm³/mol. The quantitative estimate of drug-likeness (QED) is 0.486. The molecule has 0 saturated carbocycles. The number of hydrogen-bond donors (Lipinski definition) is 1. The molecule has 0 fully saturated rings. The molecule has 0 amide bonds. The molecule has 0 aliphatic rings. The molecule has 88 valence electrons. The fourth-order valence-corrected chi connectivity index (χ4v) is 3.34. The van der Waals surface area contributed by atoms with Crippen molar-refractivity contribution in [1.82, 2.24) is 5.32 Å². The minimum Gasteiger partial charge on any atom is -0.317 e. The standard InChI is InChI=1S/C8H20Si.C4H11N/c1-3-5-7-9-8-6-4-2;1-3-5-4-2/h3-9H2,1-2H3;5H,3-4H2,1-2H3. The zero-order valence-electron chi connectivity index (χ0n) is 10.9.